The number of rotatable bonds is 9. The van der Waals surface area contributed by atoms with Crippen molar-refractivity contribution in [3.63, 3.8) is 0 Å². The number of hydrogen-bond donors (Lipinski definition) is 3. The van der Waals surface area contributed by atoms with Crippen molar-refractivity contribution in [3.05, 3.63) is 23.8 Å². The van der Waals surface area contributed by atoms with Gasteiger partial charge in [0.2, 0.25) is 15.9 Å². The average Bonchev–Trinajstić information content (AvgIpc) is 2.62. The van der Waals surface area contributed by atoms with Crippen LogP contribution in [0.15, 0.2) is 18.2 Å². The molecule has 0 spiro atoms. The summed E-state index contributed by atoms with van der Waals surface area (Å²) in [5.74, 6) is 0.163. The number of amides is 2. The summed E-state index contributed by atoms with van der Waals surface area (Å²) in [6.07, 6.45) is 5.36. The predicted octanol–water partition coefficient (Wildman–Crippen LogP) is 2.26. The van der Waals surface area contributed by atoms with Crippen LogP contribution in [0.4, 0.5) is 11.4 Å². The van der Waals surface area contributed by atoms with Gasteiger partial charge in [0.1, 0.15) is 0 Å². The third-order valence-electron chi connectivity index (χ3n) is 4.94. The van der Waals surface area contributed by atoms with Crippen LogP contribution < -0.4 is 15.4 Å². The van der Waals surface area contributed by atoms with E-state index in [-0.39, 0.29) is 23.1 Å². The second-order valence-corrected chi connectivity index (χ2v) is 9.55. The molecule has 0 saturated carbocycles. The van der Waals surface area contributed by atoms with Crippen LogP contribution in [-0.4, -0.2) is 57.6 Å². The molecule has 2 rings (SSSR count). The van der Waals surface area contributed by atoms with E-state index >= 15 is 0 Å². The number of carbonyl (C=O) groups excluding carboxylic acids is 2. The number of sulfonamides is 1. The first kappa shape index (κ1) is 23.2. The van der Waals surface area contributed by atoms with Gasteiger partial charge in [-0.25, -0.2) is 8.42 Å². The van der Waals surface area contributed by atoms with Crippen LogP contribution in [-0.2, 0) is 14.8 Å². The Morgan fingerprint density at radius 1 is 1.17 bits per heavy atom. The first-order chi connectivity index (χ1) is 13.6. The minimum absolute atomic E-state index is 0.173. The Morgan fingerprint density at radius 2 is 1.86 bits per heavy atom. The first-order valence-corrected chi connectivity index (χ1v) is 11.9. The molecule has 3 N–H and O–H groups in total. The Morgan fingerprint density at radius 3 is 2.48 bits per heavy atom. The van der Waals surface area contributed by atoms with Gasteiger partial charge in [0, 0.05) is 19.2 Å². The van der Waals surface area contributed by atoms with E-state index in [1.807, 2.05) is 0 Å². The van der Waals surface area contributed by atoms with E-state index in [2.05, 4.69) is 27.2 Å². The SMILES string of the molecule is CC(=O)Nc1ccc(NS(C)(=O)=O)c(C(=O)NCCCCN2CCC(C)CC2)c1. The molecule has 1 aliphatic rings. The molecule has 0 bridgehead atoms. The number of carbonyl (C=O) groups is 2. The van der Waals surface area contributed by atoms with Crippen LogP contribution in [0.2, 0.25) is 0 Å². The Kier molecular flexibility index (Phi) is 8.45. The van der Waals surface area contributed by atoms with Crippen LogP contribution in [0.5, 0.6) is 0 Å². The molecule has 2 amide bonds. The molecule has 0 radical (unpaired) electrons. The fraction of sp³-hybridized carbons (Fsp3) is 0.600. The van der Waals surface area contributed by atoms with E-state index in [9.17, 15) is 18.0 Å². The molecule has 9 heteroatoms. The normalized spacial score (nSPS) is 15.7. The van der Waals surface area contributed by atoms with Crippen molar-refractivity contribution in [2.24, 2.45) is 5.92 Å². The Hall–Kier alpha value is -2.13. The lowest BCUT2D eigenvalue weighted by atomic mass is 9.99. The maximum atomic E-state index is 12.6. The molecule has 1 aromatic carbocycles. The van der Waals surface area contributed by atoms with Gasteiger partial charge in [-0.05, 0) is 69.4 Å². The van der Waals surface area contributed by atoms with Crippen LogP contribution in [0.3, 0.4) is 0 Å². The van der Waals surface area contributed by atoms with Gasteiger partial charge >= 0.3 is 0 Å². The van der Waals surface area contributed by atoms with Crippen LogP contribution >= 0.6 is 0 Å². The van der Waals surface area contributed by atoms with E-state index in [0.717, 1.165) is 44.6 Å². The van der Waals surface area contributed by atoms with E-state index in [0.29, 0.717) is 12.2 Å². The number of benzene rings is 1. The molecule has 29 heavy (non-hydrogen) atoms. The van der Waals surface area contributed by atoms with Gasteiger partial charge in [-0.3, -0.25) is 14.3 Å². The third kappa shape index (κ3) is 8.41. The van der Waals surface area contributed by atoms with E-state index in [4.69, 9.17) is 0 Å². The molecule has 1 aliphatic heterocycles. The minimum atomic E-state index is -3.54. The van der Waals surface area contributed by atoms with Gasteiger partial charge in [0.05, 0.1) is 17.5 Å². The summed E-state index contributed by atoms with van der Waals surface area (Å²) in [5, 5.41) is 5.45. The Balaban J connectivity index is 1.90. The summed E-state index contributed by atoms with van der Waals surface area (Å²) >= 11 is 0. The number of unbranched alkanes of at least 4 members (excludes halogenated alkanes) is 1. The van der Waals surface area contributed by atoms with Crippen LogP contribution in [0, 0.1) is 5.92 Å². The van der Waals surface area contributed by atoms with Gasteiger partial charge in [-0.2, -0.15) is 0 Å². The summed E-state index contributed by atoms with van der Waals surface area (Å²) in [6.45, 7) is 7.48. The summed E-state index contributed by atoms with van der Waals surface area (Å²) < 4.78 is 25.5. The molecule has 0 atom stereocenters. The second kappa shape index (κ2) is 10.6. The molecule has 1 aromatic rings. The maximum absolute atomic E-state index is 12.6. The molecular formula is C20H32N4O4S. The molecule has 1 saturated heterocycles. The van der Waals surface area contributed by atoms with E-state index < -0.39 is 10.0 Å². The first-order valence-electron chi connectivity index (χ1n) is 10.0. The zero-order valence-electron chi connectivity index (χ0n) is 17.5. The smallest absolute Gasteiger partial charge is 0.253 e. The lowest BCUT2D eigenvalue weighted by Gasteiger charge is -2.30. The topological polar surface area (TPSA) is 108 Å². The van der Waals surface area contributed by atoms with Gasteiger partial charge in [-0.1, -0.05) is 6.92 Å². The van der Waals surface area contributed by atoms with Crippen molar-refractivity contribution in [2.75, 3.05) is 42.5 Å². The number of piperidine rings is 1. The van der Waals surface area contributed by atoms with E-state index in [1.54, 1.807) is 6.07 Å². The van der Waals surface area contributed by atoms with Crippen molar-refractivity contribution < 1.29 is 18.0 Å². The van der Waals surface area contributed by atoms with Crippen molar-refractivity contribution in [2.45, 2.75) is 39.5 Å². The van der Waals surface area contributed by atoms with Gasteiger partial charge in [0.15, 0.2) is 0 Å². The average molecular weight is 425 g/mol. The van der Waals surface area contributed by atoms with Crippen molar-refractivity contribution in [3.8, 4) is 0 Å². The zero-order chi connectivity index (χ0) is 21.4. The van der Waals surface area contributed by atoms with Crippen LogP contribution in [0.25, 0.3) is 0 Å². The molecule has 1 heterocycles. The summed E-state index contributed by atoms with van der Waals surface area (Å²) in [7, 11) is -3.54. The number of nitrogens with zero attached hydrogens (tertiary/aromatic N) is 1. The number of anilines is 2. The summed E-state index contributed by atoms with van der Waals surface area (Å²) in [6, 6.07) is 4.49. The Bertz CT molecular complexity index is 818. The molecule has 1 fully saturated rings. The molecule has 0 aromatic heterocycles. The highest BCUT2D eigenvalue weighted by molar-refractivity contribution is 7.92. The standard InChI is InChI=1S/C20H32N4O4S/c1-15-8-12-24(13-9-15)11-5-4-10-21-20(26)18-14-17(22-16(2)25)6-7-19(18)23-29(3,27)28/h6-7,14-15,23H,4-5,8-13H2,1-3H3,(H,21,26)(H,22,25). The van der Waals surface area contributed by atoms with Crippen LogP contribution in [0.1, 0.15) is 49.9 Å². The second-order valence-electron chi connectivity index (χ2n) is 7.80. The quantitative estimate of drug-likeness (QED) is 0.527. The molecule has 0 aliphatic carbocycles. The number of nitrogens with one attached hydrogen (secondary N) is 3. The highest BCUT2D eigenvalue weighted by atomic mass is 32.2. The van der Waals surface area contributed by atoms with Crippen molar-refractivity contribution in [1.82, 2.24) is 10.2 Å². The maximum Gasteiger partial charge on any atom is 0.253 e. The molecular weight excluding hydrogens is 392 g/mol. The zero-order valence-corrected chi connectivity index (χ0v) is 18.3. The molecule has 162 valence electrons. The van der Waals surface area contributed by atoms with Crippen molar-refractivity contribution in [1.29, 1.82) is 0 Å². The number of hydrogen-bond acceptors (Lipinski definition) is 5. The highest BCUT2D eigenvalue weighted by Gasteiger charge is 2.16. The van der Waals surface area contributed by atoms with Gasteiger partial charge < -0.3 is 15.5 Å². The summed E-state index contributed by atoms with van der Waals surface area (Å²) in [4.78, 5) is 26.4. The lowest BCUT2D eigenvalue weighted by Crippen LogP contribution is -2.34. The minimum Gasteiger partial charge on any atom is -0.352 e. The summed E-state index contributed by atoms with van der Waals surface area (Å²) in [5.41, 5.74) is 0.786. The largest absolute Gasteiger partial charge is 0.352 e. The number of likely N-dealkylation sites (tertiary alicyclic amines) is 1. The van der Waals surface area contributed by atoms with Crippen molar-refractivity contribution >= 4 is 33.2 Å². The third-order valence-corrected chi connectivity index (χ3v) is 5.53. The molecule has 0 unspecified atom stereocenters. The van der Waals surface area contributed by atoms with E-state index in [1.165, 1.54) is 31.9 Å². The van der Waals surface area contributed by atoms with Gasteiger partial charge in [0.25, 0.3) is 5.91 Å². The predicted molar refractivity (Wildman–Crippen MR) is 116 cm³/mol. The lowest BCUT2D eigenvalue weighted by molar-refractivity contribution is -0.114. The fourth-order valence-corrected chi connectivity index (χ4v) is 3.92. The highest BCUT2D eigenvalue weighted by Crippen LogP contribution is 2.22. The monoisotopic (exact) mass is 424 g/mol. The molecule has 8 nitrogen and oxygen atoms in total. The fourth-order valence-electron chi connectivity index (χ4n) is 3.35. The van der Waals surface area contributed by atoms with Gasteiger partial charge in [-0.15, -0.1) is 0 Å². The Labute approximate surface area is 173 Å².